The number of benzene rings is 2. The van der Waals surface area contributed by atoms with Crippen LogP contribution in [0.3, 0.4) is 0 Å². The van der Waals surface area contributed by atoms with Crippen molar-refractivity contribution in [1.29, 1.82) is 0 Å². The highest BCUT2D eigenvalue weighted by Crippen LogP contribution is 2.21. The Morgan fingerprint density at radius 3 is 2.32 bits per heavy atom. The van der Waals surface area contributed by atoms with Crippen LogP contribution in [0.1, 0.15) is 31.2 Å². The van der Waals surface area contributed by atoms with Crippen molar-refractivity contribution in [3.8, 4) is 0 Å². The number of para-hydroxylation sites is 1. The minimum absolute atomic E-state index is 0.0348. The van der Waals surface area contributed by atoms with Crippen molar-refractivity contribution in [1.82, 2.24) is 9.62 Å². The van der Waals surface area contributed by atoms with Crippen LogP contribution in [0.5, 0.6) is 0 Å². The number of imide groups is 1. The van der Waals surface area contributed by atoms with Crippen LogP contribution in [-0.2, 0) is 30.8 Å². The third kappa shape index (κ3) is 7.09. The van der Waals surface area contributed by atoms with Crippen molar-refractivity contribution in [2.24, 2.45) is 0 Å². The highest BCUT2D eigenvalue weighted by molar-refractivity contribution is 7.89. The van der Waals surface area contributed by atoms with E-state index >= 15 is 0 Å². The highest BCUT2D eigenvalue weighted by Gasteiger charge is 2.25. The van der Waals surface area contributed by atoms with E-state index in [4.69, 9.17) is 4.74 Å². The molecular weight excluding hydrogens is 465 g/mol. The lowest BCUT2D eigenvalue weighted by Crippen LogP contribution is -2.37. The first-order valence-corrected chi connectivity index (χ1v) is 12.3. The number of sulfonamides is 1. The van der Waals surface area contributed by atoms with E-state index in [1.165, 1.54) is 34.6 Å². The number of hydrogen-bond donors (Lipinski definition) is 2. The summed E-state index contributed by atoms with van der Waals surface area (Å²) in [5.41, 5.74) is 0.641. The summed E-state index contributed by atoms with van der Waals surface area (Å²) in [5.74, 6) is -2.18. The number of carbonyl (C=O) groups is 3. The van der Waals surface area contributed by atoms with Gasteiger partial charge in [0.05, 0.1) is 10.6 Å². The molecule has 2 aromatic rings. The van der Waals surface area contributed by atoms with E-state index < -0.39 is 40.4 Å². The summed E-state index contributed by atoms with van der Waals surface area (Å²) in [4.78, 5) is 35.6. The summed E-state index contributed by atoms with van der Waals surface area (Å²) in [5, 5.41) is 4.12. The lowest BCUT2D eigenvalue weighted by Gasteiger charge is -2.25. The Morgan fingerprint density at radius 1 is 0.971 bits per heavy atom. The van der Waals surface area contributed by atoms with Crippen LogP contribution in [0.2, 0.25) is 0 Å². The Balaban J connectivity index is 1.40. The Hall–Kier alpha value is -3.31. The maximum absolute atomic E-state index is 13.5. The van der Waals surface area contributed by atoms with Crippen LogP contribution in [0.4, 0.5) is 14.9 Å². The van der Waals surface area contributed by atoms with Gasteiger partial charge in [-0.05, 0) is 49.1 Å². The fraction of sp³-hybridized carbons (Fsp3) is 0.348. The predicted molar refractivity (Wildman–Crippen MR) is 122 cm³/mol. The number of urea groups is 1. The number of nitrogens with zero attached hydrogens (tertiary/aromatic N) is 1. The zero-order chi connectivity index (χ0) is 24.6. The average molecular weight is 492 g/mol. The first kappa shape index (κ1) is 25.3. The number of esters is 1. The average Bonchev–Trinajstić information content (AvgIpc) is 2.83. The van der Waals surface area contributed by atoms with Crippen LogP contribution in [0.15, 0.2) is 53.4 Å². The van der Waals surface area contributed by atoms with Gasteiger partial charge < -0.3 is 10.1 Å². The number of carbonyl (C=O) groups excluding carboxylic acids is 3. The van der Waals surface area contributed by atoms with Gasteiger partial charge in [0, 0.05) is 19.5 Å². The van der Waals surface area contributed by atoms with Crippen LogP contribution >= 0.6 is 0 Å². The quantitative estimate of drug-likeness (QED) is 0.548. The molecule has 1 heterocycles. The Bertz CT molecular complexity index is 1130. The molecule has 3 amide bonds. The maximum atomic E-state index is 13.5. The molecule has 0 unspecified atom stereocenters. The number of amides is 3. The summed E-state index contributed by atoms with van der Waals surface area (Å²) in [6, 6.07) is 10.8. The summed E-state index contributed by atoms with van der Waals surface area (Å²) in [6.07, 6.45) is 3.00. The van der Waals surface area contributed by atoms with Crippen LogP contribution in [-0.4, -0.2) is 50.3 Å². The topological polar surface area (TPSA) is 122 Å². The zero-order valence-corrected chi connectivity index (χ0v) is 19.3. The molecule has 1 fully saturated rings. The van der Waals surface area contributed by atoms with Gasteiger partial charge in [-0.3, -0.25) is 14.9 Å². The van der Waals surface area contributed by atoms with E-state index in [1.54, 1.807) is 12.1 Å². The second-order valence-corrected chi connectivity index (χ2v) is 9.69. The van der Waals surface area contributed by atoms with Crippen LogP contribution in [0.25, 0.3) is 0 Å². The number of hydrogen-bond acceptors (Lipinski definition) is 6. The number of anilines is 1. The Morgan fingerprint density at radius 2 is 1.65 bits per heavy atom. The lowest BCUT2D eigenvalue weighted by molar-refractivity contribution is -0.148. The third-order valence-corrected chi connectivity index (χ3v) is 7.15. The van der Waals surface area contributed by atoms with Crippen LogP contribution < -0.4 is 10.6 Å². The fourth-order valence-electron chi connectivity index (χ4n) is 3.43. The largest absolute Gasteiger partial charge is 0.456 e. The molecule has 2 N–H and O–H groups in total. The van der Waals surface area contributed by atoms with Crippen molar-refractivity contribution < 1.29 is 31.9 Å². The smallest absolute Gasteiger partial charge is 0.326 e. The SMILES string of the molecule is O=C(COC(=O)CCc1ccc(S(=O)(=O)N2CCCCC2)cc1)NC(=O)Nc1ccccc1F. The Kier molecular flexibility index (Phi) is 8.72. The molecule has 182 valence electrons. The normalized spacial score (nSPS) is 14.3. The number of ether oxygens (including phenoxy) is 1. The second-order valence-electron chi connectivity index (χ2n) is 7.75. The van der Waals surface area contributed by atoms with E-state index in [1.807, 2.05) is 5.32 Å². The van der Waals surface area contributed by atoms with Gasteiger partial charge >= 0.3 is 12.0 Å². The van der Waals surface area contributed by atoms with Gasteiger partial charge in [0.15, 0.2) is 6.61 Å². The van der Waals surface area contributed by atoms with Crippen molar-refractivity contribution in [2.45, 2.75) is 37.0 Å². The molecule has 1 aliphatic rings. The standard InChI is InChI=1S/C23H26FN3O6S/c24-19-6-2-3-7-20(19)25-23(30)26-21(28)16-33-22(29)13-10-17-8-11-18(12-9-17)34(31,32)27-14-4-1-5-15-27/h2-3,6-9,11-12H,1,4-5,10,13-16H2,(H2,25,26,28,30). The molecule has 0 spiro atoms. The monoisotopic (exact) mass is 491 g/mol. The molecule has 0 saturated carbocycles. The molecule has 11 heteroatoms. The summed E-state index contributed by atoms with van der Waals surface area (Å²) in [6.45, 7) is 0.374. The second kappa shape index (κ2) is 11.7. The lowest BCUT2D eigenvalue weighted by atomic mass is 10.1. The predicted octanol–water partition coefficient (Wildman–Crippen LogP) is 2.82. The van der Waals surface area contributed by atoms with Crippen molar-refractivity contribution in [2.75, 3.05) is 25.0 Å². The molecule has 2 aromatic carbocycles. The number of piperidine rings is 1. The molecule has 3 rings (SSSR count). The molecule has 0 radical (unpaired) electrons. The van der Waals surface area contributed by atoms with Crippen molar-refractivity contribution in [3.63, 3.8) is 0 Å². The molecule has 1 aliphatic heterocycles. The van der Waals surface area contributed by atoms with Crippen molar-refractivity contribution in [3.05, 3.63) is 59.9 Å². The number of halogens is 1. The molecular formula is C23H26FN3O6S. The first-order valence-electron chi connectivity index (χ1n) is 10.9. The van der Waals surface area contributed by atoms with Gasteiger partial charge in [0.1, 0.15) is 5.82 Å². The minimum atomic E-state index is -3.52. The fourth-order valence-corrected chi connectivity index (χ4v) is 4.94. The summed E-state index contributed by atoms with van der Waals surface area (Å²) < 4.78 is 45.2. The van der Waals surface area contributed by atoms with E-state index in [0.29, 0.717) is 13.1 Å². The number of rotatable bonds is 8. The maximum Gasteiger partial charge on any atom is 0.326 e. The van der Waals surface area contributed by atoms with E-state index in [0.717, 1.165) is 30.9 Å². The van der Waals surface area contributed by atoms with Crippen LogP contribution in [0, 0.1) is 5.82 Å². The number of nitrogens with one attached hydrogen (secondary N) is 2. The highest BCUT2D eigenvalue weighted by atomic mass is 32.2. The van der Waals surface area contributed by atoms with Gasteiger partial charge in [-0.1, -0.05) is 30.7 Å². The molecule has 0 bridgehead atoms. The number of aryl methyl sites for hydroxylation is 1. The molecule has 0 atom stereocenters. The molecule has 0 aliphatic carbocycles. The zero-order valence-electron chi connectivity index (χ0n) is 18.5. The van der Waals surface area contributed by atoms with Crippen molar-refractivity contribution >= 4 is 33.6 Å². The van der Waals surface area contributed by atoms with Gasteiger partial charge in [-0.25, -0.2) is 17.6 Å². The summed E-state index contributed by atoms with van der Waals surface area (Å²) in [7, 11) is -3.52. The molecule has 0 aromatic heterocycles. The van der Waals surface area contributed by atoms with Gasteiger partial charge in [-0.2, -0.15) is 4.31 Å². The Labute approximate surface area is 197 Å². The molecule has 1 saturated heterocycles. The first-order chi connectivity index (χ1) is 16.3. The van der Waals surface area contributed by atoms with E-state index in [9.17, 15) is 27.2 Å². The van der Waals surface area contributed by atoms with E-state index in [-0.39, 0.29) is 23.4 Å². The van der Waals surface area contributed by atoms with Gasteiger partial charge in [0.2, 0.25) is 10.0 Å². The minimum Gasteiger partial charge on any atom is -0.456 e. The molecule has 9 nitrogen and oxygen atoms in total. The molecule has 34 heavy (non-hydrogen) atoms. The van der Waals surface area contributed by atoms with E-state index in [2.05, 4.69) is 5.32 Å². The summed E-state index contributed by atoms with van der Waals surface area (Å²) >= 11 is 0. The third-order valence-electron chi connectivity index (χ3n) is 5.23. The van der Waals surface area contributed by atoms with Gasteiger partial charge in [0.25, 0.3) is 5.91 Å². The van der Waals surface area contributed by atoms with Gasteiger partial charge in [-0.15, -0.1) is 0 Å².